The van der Waals surface area contributed by atoms with Gasteiger partial charge >= 0.3 is 6.03 Å². The van der Waals surface area contributed by atoms with Crippen LogP contribution in [0.5, 0.6) is 0 Å². The zero-order valence-electron chi connectivity index (χ0n) is 10.1. The smallest absolute Gasteiger partial charge is 0.323 e. The van der Waals surface area contributed by atoms with Crippen LogP contribution in [0.2, 0.25) is 0 Å². The summed E-state index contributed by atoms with van der Waals surface area (Å²) in [6.45, 7) is 0. The average Bonchev–Trinajstić information content (AvgIpc) is 2.37. The molecule has 2 amide bonds. The fourth-order valence-electron chi connectivity index (χ4n) is 1.51. The number of nitrogen functional groups attached to an aromatic ring is 1. The molecule has 0 atom stereocenters. The van der Waals surface area contributed by atoms with E-state index < -0.39 is 17.7 Å². The zero-order chi connectivity index (χ0) is 14.7. The third-order valence-corrected chi connectivity index (χ3v) is 3.11. The second kappa shape index (κ2) is 5.87. The molecule has 2 aromatic carbocycles. The maximum Gasteiger partial charge on any atom is 0.323 e. The topological polar surface area (TPSA) is 67.1 Å². The molecule has 0 saturated heterocycles. The minimum atomic E-state index is -0.855. The number of hydrogen-bond donors (Lipinski definition) is 3. The average molecular weight is 342 g/mol. The molecule has 0 aliphatic carbocycles. The fourth-order valence-corrected chi connectivity index (χ4v) is 1.85. The summed E-state index contributed by atoms with van der Waals surface area (Å²) in [5.74, 6) is -1.57. The van der Waals surface area contributed by atoms with Gasteiger partial charge in [-0.25, -0.2) is 13.6 Å². The number of carbonyl (C=O) groups excluding carboxylic acids is 1. The molecule has 0 saturated carbocycles. The second-order valence-electron chi connectivity index (χ2n) is 3.94. The predicted molar refractivity (Wildman–Crippen MR) is 77.6 cm³/mol. The van der Waals surface area contributed by atoms with Crippen molar-refractivity contribution in [1.82, 2.24) is 0 Å². The maximum atomic E-state index is 13.4. The van der Waals surface area contributed by atoms with Crippen molar-refractivity contribution in [2.24, 2.45) is 0 Å². The molecule has 0 aromatic heterocycles. The second-order valence-corrected chi connectivity index (χ2v) is 4.80. The van der Waals surface area contributed by atoms with Gasteiger partial charge in [0.15, 0.2) is 0 Å². The van der Waals surface area contributed by atoms with Gasteiger partial charge in [0.05, 0.1) is 11.4 Å². The summed E-state index contributed by atoms with van der Waals surface area (Å²) in [5, 5.41) is 4.78. The Morgan fingerprint density at radius 1 is 1.05 bits per heavy atom. The molecular formula is C13H10BrF2N3O. The maximum absolute atomic E-state index is 13.4. The minimum Gasteiger partial charge on any atom is -0.399 e. The van der Waals surface area contributed by atoms with Gasteiger partial charge in [0, 0.05) is 16.2 Å². The highest BCUT2D eigenvalue weighted by atomic mass is 79.9. The number of hydrogen-bond acceptors (Lipinski definition) is 2. The van der Waals surface area contributed by atoms with Crippen LogP contribution >= 0.6 is 15.9 Å². The van der Waals surface area contributed by atoms with Crippen molar-refractivity contribution in [2.75, 3.05) is 16.4 Å². The standard InChI is InChI=1S/C13H10BrF2N3O/c14-9-3-2-8(17)6-12(9)19-13(20)18-11-4-1-7(15)5-10(11)16/h1-6H,17H2,(H2,18,19,20). The molecule has 2 rings (SSSR count). The van der Waals surface area contributed by atoms with Crippen molar-refractivity contribution < 1.29 is 13.6 Å². The largest absolute Gasteiger partial charge is 0.399 e. The fraction of sp³-hybridized carbons (Fsp3) is 0. The Kier molecular flexibility index (Phi) is 4.19. The quantitative estimate of drug-likeness (QED) is 0.724. The van der Waals surface area contributed by atoms with Crippen LogP contribution in [0, 0.1) is 11.6 Å². The Morgan fingerprint density at radius 2 is 1.75 bits per heavy atom. The van der Waals surface area contributed by atoms with Gasteiger partial charge in [0.25, 0.3) is 0 Å². The highest BCUT2D eigenvalue weighted by Gasteiger charge is 2.09. The minimum absolute atomic E-state index is 0.121. The van der Waals surface area contributed by atoms with Crippen LogP contribution in [-0.4, -0.2) is 6.03 Å². The molecule has 0 aliphatic heterocycles. The highest BCUT2D eigenvalue weighted by molar-refractivity contribution is 9.10. The molecule has 20 heavy (non-hydrogen) atoms. The van der Waals surface area contributed by atoms with Gasteiger partial charge in [-0.05, 0) is 46.3 Å². The lowest BCUT2D eigenvalue weighted by molar-refractivity contribution is 0.262. The Morgan fingerprint density at radius 3 is 2.45 bits per heavy atom. The van der Waals surface area contributed by atoms with E-state index in [9.17, 15) is 13.6 Å². The molecule has 2 aromatic rings. The Hall–Kier alpha value is -2.15. The molecule has 104 valence electrons. The molecule has 0 heterocycles. The summed E-state index contributed by atoms with van der Waals surface area (Å²) in [6.07, 6.45) is 0. The first kappa shape index (κ1) is 14.3. The van der Waals surface area contributed by atoms with E-state index in [0.717, 1.165) is 12.1 Å². The molecule has 4 nitrogen and oxygen atoms in total. The Bertz CT molecular complexity index is 664. The summed E-state index contributed by atoms with van der Waals surface area (Å²) in [5.41, 5.74) is 6.39. The molecular weight excluding hydrogens is 332 g/mol. The first-order chi connectivity index (χ1) is 9.45. The van der Waals surface area contributed by atoms with Gasteiger partial charge in [0.1, 0.15) is 11.6 Å². The number of urea groups is 1. The van der Waals surface area contributed by atoms with Gasteiger partial charge in [-0.1, -0.05) is 0 Å². The molecule has 7 heteroatoms. The number of nitrogens with two attached hydrogens (primary N) is 1. The number of carbonyl (C=O) groups is 1. The summed E-state index contributed by atoms with van der Waals surface area (Å²) in [7, 11) is 0. The van der Waals surface area contributed by atoms with Crippen LogP contribution in [0.25, 0.3) is 0 Å². The summed E-state index contributed by atoms with van der Waals surface area (Å²) in [6, 6.07) is 7.09. The van der Waals surface area contributed by atoms with Gasteiger partial charge in [-0.3, -0.25) is 0 Å². The van der Waals surface area contributed by atoms with E-state index in [1.807, 2.05) is 0 Å². The number of rotatable bonds is 2. The number of benzene rings is 2. The Labute approximate surface area is 122 Å². The third-order valence-electron chi connectivity index (χ3n) is 2.42. The molecule has 0 aliphatic rings. The normalized spacial score (nSPS) is 10.2. The van der Waals surface area contributed by atoms with Crippen molar-refractivity contribution >= 4 is 39.0 Å². The van der Waals surface area contributed by atoms with E-state index in [0.29, 0.717) is 21.9 Å². The van der Waals surface area contributed by atoms with Crippen molar-refractivity contribution in [3.8, 4) is 0 Å². The summed E-state index contributed by atoms with van der Waals surface area (Å²) in [4.78, 5) is 11.7. The van der Waals surface area contributed by atoms with Crippen molar-refractivity contribution in [1.29, 1.82) is 0 Å². The monoisotopic (exact) mass is 341 g/mol. The van der Waals surface area contributed by atoms with Crippen LogP contribution in [0.1, 0.15) is 0 Å². The van der Waals surface area contributed by atoms with E-state index >= 15 is 0 Å². The molecule has 0 fully saturated rings. The first-order valence-electron chi connectivity index (χ1n) is 5.54. The first-order valence-corrected chi connectivity index (χ1v) is 6.33. The van der Waals surface area contributed by atoms with Gasteiger partial charge < -0.3 is 16.4 Å². The van der Waals surface area contributed by atoms with E-state index in [2.05, 4.69) is 26.6 Å². The third kappa shape index (κ3) is 3.45. The van der Waals surface area contributed by atoms with Crippen molar-refractivity contribution in [2.45, 2.75) is 0 Å². The van der Waals surface area contributed by atoms with Crippen LogP contribution in [0.3, 0.4) is 0 Å². The predicted octanol–water partition coefficient (Wildman–Crippen LogP) is 3.95. The lowest BCUT2D eigenvalue weighted by Gasteiger charge is -2.10. The molecule has 0 radical (unpaired) electrons. The number of halogens is 3. The van der Waals surface area contributed by atoms with Gasteiger partial charge in [0.2, 0.25) is 0 Å². The summed E-state index contributed by atoms with van der Waals surface area (Å²) < 4.78 is 26.7. The highest BCUT2D eigenvalue weighted by Crippen LogP contribution is 2.25. The number of anilines is 3. The Balaban J connectivity index is 2.11. The molecule has 4 N–H and O–H groups in total. The molecule has 0 unspecified atom stereocenters. The van der Waals surface area contributed by atoms with Crippen LogP contribution in [-0.2, 0) is 0 Å². The van der Waals surface area contributed by atoms with E-state index in [-0.39, 0.29) is 5.69 Å². The van der Waals surface area contributed by atoms with Gasteiger partial charge in [-0.15, -0.1) is 0 Å². The van der Waals surface area contributed by atoms with Crippen LogP contribution in [0.4, 0.5) is 30.6 Å². The molecule has 0 spiro atoms. The van der Waals surface area contributed by atoms with E-state index in [1.54, 1.807) is 18.2 Å². The van der Waals surface area contributed by atoms with Gasteiger partial charge in [-0.2, -0.15) is 0 Å². The van der Waals surface area contributed by atoms with Crippen molar-refractivity contribution in [3.05, 3.63) is 52.5 Å². The van der Waals surface area contributed by atoms with Crippen LogP contribution in [0.15, 0.2) is 40.9 Å². The lowest BCUT2D eigenvalue weighted by atomic mass is 10.3. The van der Waals surface area contributed by atoms with E-state index in [1.165, 1.54) is 0 Å². The summed E-state index contributed by atoms with van der Waals surface area (Å²) >= 11 is 3.25. The zero-order valence-corrected chi connectivity index (χ0v) is 11.7. The SMILES string of the molecule is Nc1ccc(Br)c(NC(=O)Nc2ccc(F)cc2F)c1. The number of amides is 2. The lowest BCUT2D eigenvalue weighted by Crippen LogP contribution is -2.20. The molecule has 0 bridgehead atoms. The van der Waals surface area contributed by atoms with E-state index in [4.69, 9.17) is 5.73 Å². The van der Waals surface area contributed by atoms with Crippen molar-refractivity contribution in [3.63, 3.8) is 0 Å². The number of nitrogens with one attached hydrogen (secondary N) is 2. The van der Waals surface area contributed by atoms with Crippen LogP contribution < -0.4 is 16.4 Å².